The lowest BCUT2D eigenvalue weighted by Crippen LogP contribution is -1.91. The van der Waals surface area contributed by atoms with Gasteiger partial charge in [-0.3, -0.25) is 4.79 Å². The van der Waals surface area contributed by atoms with Gasteiger partial charge in [0.05, 0.1) is 0 Å². The van der Waals surface area contributed by atoms with Gasteiger partial charge in [-0.2, -0.15) is 0 Å². The molecule has 0 aliphatic carbocycles. The van der Waals surface area contributed by atoms with E-state index in [9.17, 15) is 9.59 Å². The molecule has 0 atom stereocenters. The van der Waals surface area contributed by atoms with Crippen molar-refractivity contribution in [3.8, 4) is 0 Å². The molecule has 0 rings (SSSR count). The van der Waals surface area contributed by atoms with E-state index in [0.29, 0.717) is 0 Å². The molecule has 0 spiro atoms. The number of carbonyl (C=O) groups excluding carboxylic acids is 1. The summed E-state index contributed by atoms with van der Waals surface area (Å²) in [6.45, 7) is 2.24. The van der Waals surface area contributed by atoms with Crippen LogP contribution in [0.15, 0.2) is 24.3 Å². The molecule has 0 saturated carbocycles. The van der Waals surface area contributed by atoms with Crippen LogP contribution in [0, 0.1) is 0 Å². The minimum atomic E-state index is -1.01. The van der Waals surface area contributed by atoms with Crippen molar-refractivity contribution in [3.05, 3.63) is 24.3 Å². The number of unbranched alkanes of at least 4 members (excludes halogenated alkanes) is 9. The molecule has 3 nitrogen and oxygen atoms in total. The summed E-state index contributed by atoms with van der Waals surface area (Å²) in [7, 11) is 0. The maximum Gasteiger partial charge on any atom is 0.327 e. The Morgan fingerprint density at radius 2 is 1.38 bits per heavy atom. The summed E-state index contributed by atoms with van der Waals surface area (Å²) in [6.07, 6.45) is 18.7. The molecule has 0 aliphatic heterocycles. The highest BCUT2D eigenvalue weighted by molar-refractivity contribution is 5.91. The number of ketones is 1. The fourth-order valence-electron chi connectivity index (χ4n) is 2.13. The molecule has 0 heterocycles. The molecule has 21 heavy (non-hydrogen) atoms. The van der Waals surface area contributed by atoms with Crippen LogP contribution >= 0.6 is 0 Å². The Hall–Kier alpha value is -1.38. The first kappa shape index (κ1) is 19.6. The third-order valence-corrected chi connectivity index (χ3v) is 3.36. The largest absolute Gasteiger partial charge is 0.478 e. The summed E-state index contributed by atoms with van der Waals surface area (Å²) in [5, 5.41) is 8.39. The maximum absolute atomic E-state index is 11.4. The van der Waals surface area contributed by atoms with E-state index in [0.717, 1.165) is 18.9 Å². The maximum atomic E-state index is 11.4. The van der Waals surface area contributed by atoms with Crippen LogP contribution in [0.1, 0.15) is 77.6 Å². The highest BCUT2D eigenvalue weighted by Crippen LogP contribution is 2.10. The first-order valence-corrected chi connectivity index (χ1v) is 8.25. The normalized spacial score (nSPS) is 11.5. The summed E-state index contributed by atoms with van der Waals surface area (Å²) in [5.74, 6) is -1.05. The summed E-state index contributed by atoms with van der Waals surface area (Å²) in [5.41, 5.74) is 0. The van der Waals surface area contributed by atoms with E-state index in [1.165, 1.54) is 57.4 Å². The standard InChI is InChI=1S/C18H30O3/c1-2-3-4-5-6-7-8-9-10-11-12-14-17(19)15-13-16-18(20)21/h12-14,16H,2-11,15H2,1H3,(H,20,21)/b14-12+,16-13?. The van der Waals surface area contributed by atoms with Crippen LogP contribution in [0.2, 0.25) is 0 Å². The number of hydrogen-bond donors (Lipinski definition) is 1. The molecule has 0 bridgehead atoms. The second-order valence-corrected chi connectivity index (χ2v) is 5.43. The zero-order valence-electron chi connectivity index (χ0n) is 13.4. The molecule has 3 heteroatoms. The van der Waals surface area contributed by atoms with Crippen LogP contribution in [0.4, 0.5) is 0 Å². The van der Waals surface area contributed by atoms with Crippen molar-refractivity contribution < 1.29 is 14.7 Å². The Balaban J connectivity index is 3.35. The topological polar surface area (TPSA) is 54.4 Å². The van der Waals surface area contributed by atoms with Gasteiger partial charge >= 0.3 is 5.97 Å². The summed E-state index contributed by atoms with van der Waals surface area (Å²) in [4.78, 5) is 21.6. The van der Waals surface area contributed by atoms with Gasteiger partial charge in [-0.05, 0) is 18.9 Å². The molecular weight excluding hydrogens is 264 g/mol. The van der Waals surface area contributed by atoms with Crippen LogP contribution in [-0.4, -0.2) is 16.9 Å². The van der Waals surface area contributed by atoms with Gasteiger partial charge in [0.15, 0.2) is 5.78 Å². The highest BCUT2D eigenvalue weighted by Gasteiger charge is 1.94. The lowest BCUT2D eigenvalue weighted by atomic mass is 10.1. The minimum Gasteiger partial charge on any atom is -0.478 e. The van der Waals surface area contributed by atoms with Gasteiger partial charge in [0.1, 0.15) is 0 Å². The third kappa shape index (κ3) is 16.6. The highest BCUT2D eigenvalue weighted by atomic mass is 16.4. The van der Waals surface area contributed by atoms with Crippen LogP contribution in [0.25, 0.3) is 0 Å². The van der Waals surface area contributed by atoms with Gasteiger partial charge in [0.25, 0.3) is 0 Å². The van der Waals surface area contributed by atoms with E-state index in [1.54, 1.807) is 6.08 Å². The van der Waals surface area contributed by atoms with Crippen molar-refractivity contribution in [2.24, 2.45) is 0 Å². The zero-order valence-corrected chi connectivity index (χ0v) is 13.4. The monoisotopic (exact) mass is 294 g/mol. The van der Waals surface area contributed by atoms with Gasteiger partial charge in [-0.15, -0.1) is 0 Å². The van der Waals surface area contributed by atoms with Crippen LogP contribution in [-0.2, 0) is 9.59 Å². The van der Waals surface area contributed by atoms with E-state index < -0.39 is 5.97 Å². The van der Waals surface area contributed by atoms with E-state index in [1.807, 2.05) is 6.08 Å². The van der Waals surface area contributed by atoms with Crippen molar-refractivity contribution in [2.75, 3.05) is 0 Å². The number of allylic oxidation sites excluding steroid dienone is 3. The molecular formula is C18H30O3. The van der Waals surface area contributed by atoms with Crippen molar-refractivity contribution >= 4 is 11.8 Å². The number of carboxylic acid groups (broad SMARTS) is 1. The predicted octanol–water partition coefficient (Wildman–Crippen LogP) is 5.06. The average molecular weight is 294 g/mol. The Labute approximate surface area is 129 Å². The third-order valence-electron chi connectivity index (χ3n) is 3.36. The number of carboxylic acids is 1. The van der Waals surface area contributed by atoms with E-state index in [2.05, 4.69) is 6.92 Å². The van der Waals surface area contributed by atoms with Gasteiger partial charge in [0.2, 0.25) is 0 Å². The second-order valence-electron chi connectivity index (χ2n) is 5.43. The van der Waals surface area contributed by atoms with E-state index in [4.69, 9.17) is 5.11 Å². The molecule has 0 aromatic rings. The molecule has 0 amide bonds. The molecule has 0 aromatic carbocycles. The van der Waals surface area contributed by atoms with Crippen LogP contribution < -0.4 is 0 Å². The summed E-state index contributed by atoms with van der Waals surface area (Å²) in [6, 6.07) is 0. The zero-order chi connectivity index (χ0) is 15.8. The number of hydrogen-bond acceptors (Lipinski definition) is 2. The van der Waals surface area contributed by atoms with Gasteiger partial charge in [0, 0.05) is 12.5 Å². The van der Waals surface area contributed by atoms with Gasteiger partial charge in [-0.25, -0.2) is 4.79 Å². The minimum absolute atomic E-state index is 0.0385. The predicted molar refractivity (Wildman–Crippen MR) is 87.4 cm³/mol. The van der Waals surface area contributed by atoms with Crippen molar-refractivity contribution in [3.63, 3.8) is 0 Å². The fourth-order valence-corrected chi connectivity index (χ4v) is 2.13. The summed E-state index contributed by atoms with van der Waals surface area (Å²) >= 11 is 0. The Kier molecular flexibility index (Phi) is 14.0. The molecule has 0 unspecified atom stereocenters. The Morgan fingerprint density at radius 1 is 0.810 bits per heavy atom. The first-order valence-electron chi connectivity index (χ1n) is 8.25. The Morgan fingerprint density at radius 3 is 1.95 bits per heavy atom. The molecule has 1 N–H and O–H groups in total. The number of aliphatic carboxylic acids is 1. The lowest BCUT2D eigenvalue weighted by molar-refractivity contribution is -0.131. The van der Waals surface area contributed by atoms with Crippen LogP contribution in [0.5, 0.6) is 0 Å². The molecule has 120 valence electrons. The molecule has 0 fully saturated rings. The Bertz CT molecular complexity index is 329. The average Bonchev–Trinajstić information content (AvgIpc) is 2.44. The molecule has 0 saturated heterocycles. The second kappa shape index (κ2) is 15.0. The smallest absolute Gasteiger partial charge is 0.327 e. The van der Waals surface area contributed by atoms with Crippen molar-refractivity contribution in [1.82, 2.24) is 0 Å². The molecule has 0 aromatic heterocycles. The fraction of sp³-hybridized carbons (Fsp3) is 0.667. The number of carbonyl (C=O) groups is 2. The quantitative estimate of drug-likeness (QED) is 0.360. The van der Waals surface area contributed by atoms with E-state index >= 15 is 0 Å². The van der Waals surface area contributed by atoms with Gasteiger partial charge in [-0.1, -0.05) is 70.4 Å². The summed E-state index contributed by atoms with van der Waals surface area (Å²) < 4.78 is 0. The van der Waals surface area contributed by atoms with Gasteiger partial charge < -0.3 is 5.11 Å². The first-order chi connectivity index (χ1) is 10.2. The molecule has 0 aliphatic rings. The SMILES string of the molecule is CCCCCCCCCCC/C=C/C(=O)CC=CC(=O)O. The number of rotatable bonds is 14. The molecule has 0 radical (unpaired) electrons. The lowest BCUT2D eigenvalue weighted by Gasteiger charge is -2.00. The van der Waals surface area contributed by atoms with Crippen LogP contribution in [0.3, 0.4) is 0 Å². The van der Waals surface area contributed by atoms with E-state index in [-0.39, 0.29) is 12.2 Å². The van der Waals surface area contributed by atoms with Crippen molar-refractivity contribution in [1.29, 1.82) is 0 Å². The van der Waals surface area contributed by atoms with Crippen molar-refractivity contribution in [2.45, 2.75) is 77.6 Å².